The summed E-state index contributed by atoms with van der Waals surface area (Å²) in [7, 11) is 0. The lowest BCUT2D eigenvalue weighted by molar-refractivity contribution is 0.102. The van der Waals surface area contributed by atoms with Gasteiger partial charge in [0.1, 0.15) is 17.3 Å². The van der Waals surface area contributed by atoms with Crippen LogP contribution < -0.4 is 10.9 Å². The third-order valence-electron chi connectivity index (χ3n) is 5.78. The standard InChI is InChI=1S/C25H22FN5O2/c1-2-16-14-22(32)29-24(27-16)15-7-5-8-17(13-15)28-25(33)23-18-9-6-12-20(18)31(30-23)21-11-4-3-10-19(21)26/h3-5,7-8,10-11,13-14H,2,6,9,12H2,1H3,(H,28,33)(H,27,29,32). The number of hydrogen-bond donors (Lipinski definition) is 2. The van der Waals surface area contributed by atoms with E-state index in [1.807, 2.05) is 13.0 Å². The Kier molecular flexibility index (Phi) is 5.34. The van der Waals surface area contributed by atoms with Crippen LogP contribution in [-0.4, -0.2) is 25.7 Å². The Bertz CT molecular complexity index is 1420. The first-order chi connectivity index (χ1) is 16.0. The van der Waals surface area contributed by atoms with Crippen LogP contribution in [0.25, 0.3) is 17.1 Å². The highest BCUT2D eigenvalue weighted by molar-refractivity contribution is 6.04. The molecule has 5 rings (SSSR count). The van der Waals surface area contributed by atoms with E-state index in [4.69, 9.17) is 0 Å². The van der Waals surface area contributed by atoms with Gasteiger partial charge in [-0.1, -0.05) is 31.2 Å². The van der Waals surface area contributed by atoms with Crippen molar-refractivity contribution in [3.8, 4) is 17.1 Å². The number of carbonyl (C=O) groups excluding carboxylic acids is 1. The second-order valence-electron chi connectivity index (χ2n) is 7.96. The monoisotopic (exact) mass is 443 g/mol. The van der Waals surface area contributed by atoms with Gasteiger partial charge in [-0.2, -0.15) is 5.10 Å². The SMILES string of the molecule is CCc1cc(=O)[nH]c(-c2cccc(NC(=O)c3nn(-c4ccccc4F)c4c3CCC4)c2)n1. The molecule has 4 aromatic rings. The normalized spacial score (nSPS) is 12.5. The van der Waals surface area contributed by atoms with Gasteiger partial charge in [0.05, 0.1) is 0 Å². The van der Waals surface area contributed by atoms with E-state index in [0.29, 0.717) is 40.6 Å². The number of nitrogens with one attached hydrogen (secondary N) is 2. The van der Waals surface area contributed by atoms with Crippen LogP contribution in [0.1, 0.15) is 40.8 Å². The number of anilines is 1. The largest absolute Gasteiger partial charge is 0.321 e. The number of hydrogen-bond acceptors (Lipinski definition) is 4. The van der Waals surface area contributed by atoms with E-state index in [0.717, 1.165) is 30.5 Å². The van der Waals surface area contributed by atoms with Crippen molar-refractivity contribution >= 4 is 11.6 Å². The van der Waals surface area contributed by atoms with Crippen molar-refractivity contribution in [2.75, 3.05) is 5.32 Å². The number of aromatic nitrogens is 4. The van der Waals surface area contributed by atoms with Gasteiger partial charge >= 0.3 is 0 Å². The molecule has 2 heterocycles. The molecule has 166 valence electrons. The Morgan fingerprint density at radius 3 is 2.82 bits per heavy atom. The van der Waals surface area contributed by atoms with Gasteiger partial charge in [-0.05, 0) is 49.9 Å². The number of benzene rings is 2. The molecule has 0 atom stereocenters. The van der Waals surface area contributed by atoms with Crippen molar-refractivity contribution in [3.63, 3.8) is 0 Å². The van der Waals surface area contributed by atoms with Crippen molar-refractivity contribution in [1.82, 2.24) is 19.7 Å². The number of aryl methyl sites for hydroxylation is 1. The van der Waals surface area contributed by atoms with Crippen LogP contribution in [0, 0.1) is 5.82 Å². The minimum atomic E-state index is -0.384. The fourth-order valence-electron chi connectivity index (χ4n) is 4.20. The molecular formula is C25H22FN5O2. The van der Waals surface area contributed by atoms with Gasteiger partial charge in [0, 0.05) is 34.3 Å². The maximum absolute atomic E-state index is 14.4. The topological polar surface area (TPSA) is 92.7 Å². The van der Waals surface area contributed by atoms with Crippen LogP contribution >= 0.6 is 0 Å². The molecule has 1 aliphatic carbocycles. The van der Waals surface area contributed by atoms with Crippen LogP contribution in [0.3, 0.4) is 0 Å². The van der Waals surface area contributed by atoms with Gasteiger partial charge < -0.3 is 10.3 Å². The Morgan fingerprint density at radius 1 is 1.15 bits per heavy atom. The number of carbonyl (C=O) groups is 1. The quantitative estimate of drug-likeness (QED) is 0.486. The lowest BCUT2D eigenvalue weighted by Gasteiger charge is -2.08. The van der Waals surface area contributed by atoms with E-state index in [1.54, 1.807) is 41.1 Å². The number of aromatic amines is 1. The summed E-state index contributed by atoms with van der Waals surface area (Å²) < 4.78 is 15.9. The molecule has 1 aliphatic rings. The summed E-state index contributed by atoms with van der Waals surface area (Å²) in [4.78, 5) is 32.3. The number of rotatable bonds is 5. The highest BCUT2D eigenvalue weighted by Gasteiger charge is 2.27. The summed E-state index contributed by atoms with van der Waals surface area (Å²) >= 11 is 0. The van der Waals surface area contributed by atoms with Crippen LogP contribution in [0.15, 0.2) is 59.4 Å². The highest BCUT2D eigenvalue weighted by atomic mass is 19.1. The van der Waals surface area contributed by atoms with E-state index < -0.39 is 0 Å². The molecule has 0 saturated heterocycles. The van der Waals surface area contributed by atoms with E-state index in [2.05, 4.69) is 20.4 Å². The van der Waals surface area contributed by atoms with Crippen molar-refractivity contribution in [2.45, 2.75) is 32.6 Å². The molecule has 0 aliphatic heterocycles. The summed E-state index contributed by atoms with van der Waals surface area (Å²) in [6.07, 6.45) is 3.00. The van der Waals surface area contributed by atoms with Crippen molar-refractivity contribution in [3.05, 3.63) is 93.4 Å². The smallest absolute Gasteiger partial charge is 0.276 e. The zero-order chi connectivity index (χ0) is 22.9. The maximum atomic E-state index is 14.4. The number of para-hydroxylation sites is 1. The molecule has 0 spiro atoms. The maximum Gasteiger partial charge on any atom is 0.276 e. The zero-order valence-corrected chi connectivity index (χ0v) is 18.1. The van der Waals surface area contributed by atoms with Gasteiger partial charge in [-0.25, -0.2) is 14.1 Å². The molecule has 0 unspecified atom stereocenters. The van der Waals surface area contributed by atoms with Crippen LogP contribution in [-0.2, 0) is 19.3 Å². The summed E-state index contributed by atoms with van der Waals surface area (Å²) in [5, 5.41) is 7.37. The van der Waals surface area contributed by atoms with Gasteiger partial charge in [0.15, 0.2) is 5.69 Å². The van der Waals surface area contributed by atoms with Gasteiger partial charge in [0.25, 0.3) is 11.5 Å². The zero-order valence-electron chi connectivity index (χ0n) is 18.1. The molecule has 7 nitrogen and oxygen atoms in total. The van der Waals surface area contributed by atoms with Crippen molar-refractivity contribution < 1.29 is 9.18 Å². The molecule has 0 fully saturated rings. The molecule has 1 amide bonds. The second-order valence-corrected chi connectivity index (χ2v) is 7.96. The van der Waals surface area contributed by atoms with Crippen molar-refractivity contribution in [2.24, 2.45) is 0 Å². The first-order valence-electron chi connectivity index (χ1n) is 10.9. The average Bonchev–Trinajstić information content (AvgIpc) is 3.42. The predicted octanol–water partition coefficient (Wildman–Crippen LogP) is 4.07. The number of fused-ring (bicyclic) bond motifs is 1. The molecule has 0 bridgehead atoms. The second kappa shape index (κ2) is 8.46. The molecule has 2 aromatic heterocycles. The Morgan fingerprint density at radius 2 is 2.00 bits per heavy atom. The first-order valence-corrected chi connectivity index (χ1v) is 10.9. The summed E-state index contributed by atoms with van der Waals surface area (Å²) in [6.45, 7) is 1.93. The van der Waals surface area contributed by atoms with Crippen LogP contribution in [0.2, 0.25) is 0 Å². The van der Waals surface area contributed by atoms with Gasteiger partial charge in [-0.3, -0.25) is 9.59 Å². The number of amides is 1. The highest BCUT2D eigenvalue weighted by Crippen LogP contribution is 2.29. The van der Waals surface area contributed by atoms with Crippen LogP contribution in [0.4, 0.5) is 10.1 Å². The third kappa shape index (κ3) is 3.95. The molecule has 0 saturated carbocycles. The van der Waals surface area contributed by atoms with Gasteiger partial charge in [-0.15, -0.1) is 0 Å². The molecule has 33 heavy (non-hydrogen) atoms. The Hall–Kier alpha value is -4.07. The summed E-state index contributed by atoms with van der Waals surface area (Å²) in [5.74, 6) is -0.297. The minimum Gasteiger partial charge on any atom is -0.321 e. The average molecular weight is 443 g/mol. The van der Waals surface area contributed by atoms with E-state index in [1.165, 1.54) is 12.1 Å². The van der Waals surface area contributed by atoms with E-state index >= 15 is 0 Å². The number of halogens is 1. The summed E-state index contributed by atoms with van der Waals surface area (Å²) in [5.41, 5.74) is 4.07. The lowest BCUT2D eigenvalue weighted by atomic mass is 10.1. The lowest BCUT2D eigenvalue weighted by Crippen LogP contribution is -2.15. The Labute approximate surface area is 189 Å². The molecule has 2 aromatic carbocycles. The fourth-order valence-corrected chi connectivity index (χ4v) is 4.20. The summed E-state index contributed by atoms with van der Waals surface area (Å²) in [6, 6.07) is 15.0. The number of H-pyrrole nitrogens is 1. The van der Waals surface area contributed by atoms with Gasteiger partial charge in [0.2, 0.25) is 0 Å². The molecule has 0 radical (unpaired) electrons. The minimum absolute atomic E-state index is 0.222. The molecule has 2 N–H and O–H groups in total. The third-order valence-corrected chi connectivity index (χ3v) is 5.78. The number of nitrogens with zero attached hydrogens (tertiary/aromatic N) is 3. The fraction of sp³-hybridized carbons (Fsp3) is 0.200. The van der Waals surface area contributed by atoms with E-state index in [9.17, 15) is 14.0 Å². The van der Waals surface area contributed by atoms with Crippen LogP contribution in [0.5, 0.6) is 0 Å². The van der Waals surface area contributed by atoms with E-state index in [-0.39, 0.29) is 17.3 Å². The Balaban J connectivity index is 1.46. The first kappa shape index (κ1) is 20.8. The van der Waals surface area contributed by atoms with Crippen molar-refractivity contribution in [1.29, 1.82) is 0 Å². The molecular weight excluding hydrogens is 421 g/mol. The molecule has 8 heteroatoms. The predicted molar refractivity (Wildman–Crippen MR) is 123 cm³/mol.